The average Bonchev–Trinajstić information content (AvgIpc) is 2.75. The van der Waals surface area contributed by atoms with Gasteiger partial charge in [0.05, 0.1) is 5.02 Å². The van der Waals surface area contributed by atoms with Crippen LogP contribution in [0.4, 0.5) is 4.39 Å². The molecular weight excluding hydrogens is 201 g/mol. The predicted octanol–water partition coefficient (Wildman–Crippen LogP) is 2.34. The molecule has 1 saturated heterocycles. The summed E-state index contributed by atoms with van der Waals surface area (Å²) in [5.74, 6) is 0.416. The van der Waals surface area contributed by atoms with Gasteiger partial charge < -0.3 is 5.32 Å². The summed E-state index contributed by atoms with van der Waals surface area (Å²) in [6.07, 6.45) is 1.22. The second-order valence-corrected chi connectivity index (χ2v) is 4.72. The minimum atomic E-state index is -0.324. The van der Waals surface area contributed by atoms with Crippen LogP contribution >= 0.6 is 11.6 Å². The Morgan fingerprint density at radius 2 is 2.36 bits per heavy atom. The van der Waals surface area contributed by atoms with E-state index in [2.05, 4.69) is 5.32 Å². The molecule has 0 bridgehead atoms. The van der Waals surface area contributed by atoms with E-state index in [1.165, 1.54) is 18.1 Å². The highest BCUT2D eigenvalue weighted by molar-refractivity contribution is 6.30. The van der Waals surface area contributed by atoms with Crippen molar-refractivity contribution in [1.29, 1.82) is 0 Å². The standard InChI is InChI=1S/C11H11ClFN/c12-9-3-7(1-2-10(9)13)11-4-8(11)5-14-6-11/h1-3,8,14H,4-6H2/t8-,11+/m0/s1. The highest BCUT2D eigenvalue weighted by Crippen LogP contribution is 2.56. The van der Waals surface area contributed by atoms with E-state index < -0.39 is 0 Å². The molecule has 0 radical (unpaired) electrons. The Bertz CT molecular complexity index is 393. The Morgan fingerprint density at radius 1 is 1.50 bits per heavy atom. The molecule has 1 aliphatic heterocycles. The maximum atomic E-state index is 13.0. The Labute approximate surface area is 87.3 Å². The molecule has 2 aliphatic rings. The third-order valence-electron chi connectivity index (χ3n) is 3.56. The van der Waals surface area contributed by atoms with E-state index in [1.807, 2.05) is 6.07 Å². The van der Waals surface area contributed by atoms with Gasteiger partial charge in [-0.05, 0) is 36.6 Å². The van der Waals surface area contributed by atoms with Gasteiger partial charge in [-0.1, -0.05) is 17.7 Å². The molecule has 2 fully saturated rings. The van der Waals surface area contributed by atoms with Crippen molar-refractivity contribution >= 4 is 11.6 Å². The van der Waals surface area contributed by atoms with Crippen LogP contribution in [0.25, 0.3) is 0 Å². The van der Waals surface area contributed by atoms with Gasteiger partial charge >= 0.3 is 0 Å². The number of hydrogen-bond donors (Lipinski definition) is 1. The maximum Gasteiger partial charge on any atom is 0.141 e. The van der Waals surface area contributed by atoms with Crippen molar-refractivity contribution < 1.29 is 4.39 Å². The van der Waals surface area contributed by atoms with Gasteiger partial charge in [0, 0.05) is 12.0 Å². The first-order valence-corrected chi connectivity index (χ1v) is 5.26. The average molecular weight is 212 g/mol. The topological polar surface area (TPSA) is 12.0 Å². The lowest BCUT2D eigenvalue weighted by Gasteiger charge is -2.12. The van der Waals surface area contributed by atoms with Crippen LogP contribution in [0.5, 0.6) is 0 Å². The molecule has 0 unspecified atom stereocenters. The SMILES string of the molecule is Fc1ccc([C@@]23CNC[C@@H]2C3)cc1Cl. The summed E-state index contributed by atoms with van der Waals surface area (Å²) in [6.45, 7) is 2.11. The third-order valence-corrected chi connectivity index (χ3v) is 3.85. The summed E-state index contributed by atoms with van der Waals surface area (Å²) in [5.41, 5.74) is 1.47. The van der Waals surface area contributed by atoms with E-state index in [1.54, 1.807) is 6.07 Å². The molecule has 1 saturated carbocycles. The molecule has 0 amide bonds. The van der Waals surface area contributed by atoms with Gasteiger partial charge in [-0.3, -0.25) is 0 Å². The fraction of sp³-hybridized carbons (Fsp3) is 0.455. The summed E-state index contributed by atoms with van der Waals surface area (Å²) in [6, 6.07) is 5.12. The number of rotatable bonds is 1. The molecule has 1 N–H and O–H groups in total. The van der Waals surface area contributed by atoms with Gasteiger partial charge in [0.25, 0.3) is 0 Å². The van der Waals surface area contributed by atoms with Crippen LogP contribution in [0.15, 0.2) is 18.2 Å². The van der Waals surface area contributed by atoms with Gasteiger partial charge in [0.1, 0.15) is 5.82 Å². The number of fused-ring (bicyclic) bond motifs is 1. The zero-order valence-corrected chi connectivity index (χ0v) is 8.44. The first kappa shape index (κ1) is 8.69. The molecule has 14 heavy (non-hydrogen) atoms. The Kier molecular flexibility index (Phi) is 1.68. The molecular formula is C11H11ClFN. The number of hydrogen-bond acceptors (Lipinski definition) is 1. The van der Waals surface area contributed by atoms with Gasteiger partial charge in [-0.25, -0.2) is 4.39 Å². The molecule has 0 aromatic heterocycles. The molecule has 74 valence electrons. The summed E-state index contributed by atoms with van der Waals surface area (Å²) in [5, 5.41) is 3.60. The van der Waals surface area contributed by atoms with Crippen molar-refractivity contribution in [3.63, 3.8) is 0 Å². The van der Waals surface area contributed by atoms with Crippen LogP contribution in [-0.2, 0) is 5.41 Å². The van der Waals surface area contributed by atoms with Gasteiger partial charge in [-0.15, -0.1) is 0 Å². The summed E-state index contributed by atoms with van der Waals surface area (Å²) in [7, 11) is 0. The highest BCUT2D eigenvalue weighted by Gasteiger charge is 2.58. The van der Waals surface area contributed by atoms with Crippen LogP contribution in [0, 0.1) is 11.7 Å². The number of benzene rings is 1. The van der Waals surface area contributed by atoms with Crippen LogP contribution < -0.4 is 5.32 Å². The summed E-state index contributed by atoms with van der Waals surface area (Å²) >= 11 is 5.78. The largest absolute Gasteiger partial charge is 0.316 e. The zero-order valence-electron chi connectivity index (χ0n) is 7.69. The monoisotopic (exact) mass is 211 g/mol. The molecule has 1 aromatic carbocycles. The lowest BCUT2D eigenvalue weighted by Crippen LogP contribution is -2.19. The summed E-state index contributed by atoms with van der Waals surface area (Å²) < 4.78 is 13.0. The lowest BCUT2D eigenvalue weighted by molar-refractivity contribution is 0.622. The number of halogens is 2. The van der Waals surface area contributed by atoms with Crippen molar-refractivity contribution in [2.24, 2.45) is 5.92 Å². The molecule has 1 aliphatic carbocycles. The highest BCUT2D eigenvalue weighted by atomic mass is 35.5. The minimum absolute atomic E-state index is 0.245. The fourth-order valence-electron chi connectivity index (χ4n) is 2.60. The summed E-state index contributed by atoms with van der Waals surface area (Å²) in [4.78, 5) is 0. The van der Waals surface area contributed by atoms with Crippen LogP contribution in [0.1, 0.15) is 12.0 Å². The Morgan fingerprint density at radius 3 is 2.93 bits per heavy atom. The van der Waals surface area contributed by atoms with E-state index in [4.69, 9.17) is 11.6 Å². The first-order chi connectivity index (χ1) is 6.72. The number of piperidine rings is 1. The zero-order chi connectivity index (χ0) is 9.76. The first-order valence-electron chi connectivity index (χ1n) is 4.89. The molecule has 0 spiro atoms. The predicted molar refractivity (Wildman–Crippen MR) is 54.1 cm³/mol. The minimum Gasteiger partial charge on any atom is -0.316 e. The normalized spacial score (nSPS) is 34.3. The lowest BCUT2D eigenvalue weighted by atomic mass is 9.95. The van der Waals surface area contributed by atoms with Gasteiger partial charge in [0.2, 0.25) is 0 Å². The van der Waals surface area contributed by atoms with Crippen molar-refractivity contribution in [3.8, 4) is 0 Å². The van der Waals surface area contributed by atoms with Crippen molar-refractivity contribution in [3.05, 3.63) is 34.6 Å². The Balaban J connectivity index is 2.01. The van der Waals surface area contributed by atoms with Crippen LogP contribution in [-0.4, -0.2) is 13.1 Å². The van der Waals surface area contributed by atoms with E-state index in [0.717, 1.165) is 19.0 Å². The second kappa shape index (κ2) is 2.71. The van der Waals surface area contributed by atoms with Crippen LogP contribution in [0.3, 0.4) is 0 Å². The Hall–Kier alpha value is -0.600. The molecule has 1 nitrogen and oxygen atoms in total. The van der Waals surface area contributed by atoms with Crippen molar-refractivity contribution in [2.45, 2.75) is 11.8 Å². The van der Waals surface area contributed by atoms with Crippen LogP contribution in [0.2, 0.25) is 5.02 Å². The van der Waals surface area contributed by atoms with E-state index in [-0.39, 0.29) is 16.3 Å². The molecule has 2 atom stereocenters. The van der Waals surface area contributed by atoms with Crippen molar-refractivity contribution in [2.75, 3.05) is 13.1 Å². The van der Waals surface area contributed by atoms with E-state index >= 15 is 0 Å². The number of nitrogens with one attached hydrogen (secondary N) is 1. The smallest absolute Gasteiger partial charge is 0.141 e. The third kappa shape index (κ3) is 1.04. The fourth-order valence-corrected chi connectivity index (χ4v) is 2.78. The van der Waals surface area contributed by atoms with Gasteiger partial charge in [0.15, 0.2) is 0 Å². The maximum absolute atomic E-state index is 13.0. The molecule has 3 rings (SSSR count). The molecule has 1 heterocycles. The quantitative estimate of drug-likeness (QED) is 0.752. The molecule has 1 aromatic rings. The second-order valence-electron chi connectivity index (χ2n) is 4.32. The molecule has 3 heteroatoms. The van der Waals surface area contributed by atoms with Gasteiger partial charge in [-0.2, -0.15) is 0 Å². The van der Waals surface area contributed by atoms with Crippen molar-refractivity contribution in [1.82, 2.24) is 5.32 Å². The van der Waals surface area contributed by atoms with E-state index in [0.29, 0.717) is 0 Å². The van der Waals surface area contributed by atoms with E-state index in [9.17, 15) is 4.39 Å².